The second kappa shape index (κ2) is 7.34. The van der Waals surface area contributed by atoms with Gasteiger partial charge in [-0.15, -0.1) is 0 Å². The maximum atomic E-state index is 6.23. The van der Waals surface area contributed by atoms with Crippen LogP contribution in [0.2, 0.25) is 5.02 Å². The summed E-state index contributed by atoms with van der Waals surface area (Å²) in [7, 11) is 0. The van der Waals surface area contributed by atoms with Crippen LogP contribution in [0.1, 0.15) is 11.1 Å². The molecule has 2 aromatic rings. The molecule has 1 N–H and O–H groups in total. The molecule has 120 valence electrons. The summed E-state index contributed by atoms with van der Waals surface area (Å²) in [4.78, 5) is 13.9. The highest BCUT2D eigenvalue weighted by atomic mass is 35.5. The molecular weight excluding hydrogens is 316 g/mol. The molecule has 8 heteroatoms. The molecule has 1 aliphatic rings. The smallest absolute Gasteiger partial charge is 0.246 e. The predicted molar refractivity (Wildman–Crippen MR) is 90.3 cm³/mol. The zero-order valence-electron chi connectivity index (χ0n) is 12.7. The number of benzene rings is 1. The number of rotatable bonds is 4. The topological polar surface area (TPSA) is 75.5 Å². The van der Waals surface area contributed by atoms with Crippen LogP contribution >= 0.6 is 11.6 Å². The fourth-order valence-electron chi connectivity index (χ4n) is 2.42. The van der Waals surface area contributed by atoms with Crippen LogP contribution in [0.5, 0.6) is 0 Å². The molecule has 0 saturated carbocycles. The average Bonchev–Trinajstić information content (AvgIpc) is 2.58. The van der Waals surface area contributed by atoms with Crippen molar-refractivity contribution in [1.82, 2.24) is 15.0 Å². The molecule has 1 saturated heterocycles. The van der Waals surface area contributed by atoms with Crippen molar-refractivity contribution in [3.8, 4) is 0 Å². The Morgan fingerprint density at radius 3 is 2.74 bits per heavy atom. The molecule has 0 amide bonds. The molecule has 1 aromatic carbocycles. The molecule has 3 rings (SSSR count). The Balaban J connectivity index is 1.85. The number of halogens is 1. The number of hydrogen-bond acceptors (Lipinski definition) is 7. The van der Waals surface area contributed by atoms with Gasteiger partial charge in [-0.05, 0) is 24.6 Å². The van der Waals surface area contributed by atoms with Gasteiger partial charge in [0.1, 0.15) is 12.7 Å². The van der Waals surface area contributed by atoms with Gasteiger partial charge in [0.15, 0.2) is 0 Å². The van der Waals surface area contributed by atoms with E-state index >= 15 is 0 Å². The number of hydrogen-bond donors (Lipinski definition) is 1. The first kappa shape index (κ1) is 15.6. The molecule has 0 spiro atoms. The molecule has 2 heterocycles. The highest BCUT2D eigenvalue weighted by Gasteiger charge is 2.16. The number of nitrogens with zero attached hydrogens (tertiary/aromatic N) is 5. The van der Waals surface area contributed by atoms with Gasteiger partial charge in [-0.2, -0.15) is 15.1 Å². The van der Waals surface area contributed by atoms with Gasteiger partial charge >= 0.3 is 0 Å². The Labute approximate surface area is 139 Å². The van der Waals surface area contributed by atoms with Gasteiger partial charge in [-0.25, -0.2) is 10.4 Å². The second-order valence-electron chi connectivity index (χ2n) is 5.09. The number of aryl methyl sites for hydroxylation is 1. The van der Waals surface area contributed by atoms with E-state index in [9.17, 15) is 0 Å². The summed E-state index contributed by atoms with van der Waals surface area (Å²) >= 11 is 6.23. The molecule has 7 nitrogen and oxygen atoms in total. The van der Waals surface area contributed by atoms with Crippen LogP contribution in [0, 0.1) is 6.92 Å². The summed E-state index contributed by atoms with van der Waals surface area (Å²) in [5, 5.41) is 4.94. The molecule has 0 radical (unpaired) electrons. The lowest BCUT2D eigenvalue weighted by Crippen LogP contribution is -2.36. The predicted octanol–water partition coefficient (Wildman–Crippen LogP) is 2.12. The first-order chi connectivity index (χ1) is 11.2. The van der Waals surface area contributed by atoms with E-state index in [-0.39, 0.29) is 0 Å². The van der Waals surface area contributed by atoms with E-state index in [0.29, 0.717) is 24.2 Å². The molecular formula is C15H17ClN6O. The normalized spacial score (nSPS) is 15.1. The second-order valence-corrected chi connectivity index (χ2v) is 5.52. The van der Waals surface area contributed by atoms with Gasteiger partial charge in [0.25, 0.3) is 0 Å². The fourth-order valence-corrected chi connectivity index (χ4v) is 2.69. The Kier molecular flexibility index (Phi) is 4.99. The first-order valence-electron chi connectivity index (χ1n) is 7.28. The van der Waals surface area contributed by atoms with Crippen molar-refractivity contribution in [1.29, 1.82) is 0 Å². The van der Waals surface area contributed by atoms with Crippen LogP contribution in [-0.4, -0.2) is 47.5 Å². The van der Waals surface area contributed by atoms with E-state index in [1.54, 1.807) is 6.21 Å². The number of nitrogens with one attached hydrogen (secondary N) is 1. The highest BCUT2D eigenvalue weighted by molar-refractivity contribution is 6.31. The number of morpholine rings is 1. The quantitative estimate of drug-likeness (QED) is 0.682. The van der Waals surface area contributed by atoms with Crippen molar-refractivity contribution in [2.24, 2.45) is 5.10 Å². The summed E-state index contributed by atoms with van der Waals surface area (Å²) in [6.07, 6.45) is 4.59. The third-order valence-corrected chi connectivity index (χ3v) is 3.75. The largest absolute Gasteiger partial charge is 0.378 e. The summed E-state index contributed by atoms with van der Waals surface area (Å²) in [6.45, 7) is 5.11. The van der Waals surface area contributed by atoms with E-state index < -0.39 is 0 Å². The van der Waals surface area contributed by atoms with Crippen molar-refractivity contribution >= 4 is 29.5 Å². The number of hydrazone groups is 1. The van der Waals surface area contributed by atoms with Crippen LogP contribution in [0.4, 0.5) is 11.6 Å². The molecule has 0 bridgehead atoms. The molecule has 23 heavy (non-hydrogen) atoms. The van der Waals surface area contributed by atoms with E-state index in [2.05, 4.69) is 30.4 Å². The van der Waals surface area contributed by atoms with Gasteiger partial charge in [0.2, 0.25) is 5.95 Å². The molecule has 1 aromatic heterocycles. The highest BCUT2D eigenvalue weighted by Crippen LogP contribution is 2.27. The SMILES string of the molecule is Cc1cc(Cl)cc(N2CCOCC2)c1C=NNc1ncncn1. The molecule has 1 fully saturated rings. The van der Waals surface area contributed by atoms with E-state index in [1.165, 1.54) is 12.7 Å². The van der Waals surface area contributed by atoms with E-state index in [4.69, 9.17) is 16.3 Å². The zero-order valence-corrected chi connectivity index (χ0v) is 13.5. The van der Waals surface area contributed by atoms with Crippen LogP contribution in [0.3, 0.4) is 0 Å². The average molecular weight is 333 g/mol. The Hall–Kier alpha value is -2.25. The maximum Gasteiger partial charge on any atom is 0.246 e. The summed E-state index contributed by atoms with van der Waals surface area (Å²) < 4.78 is 5.42. The molecule has 1 aliphatic heterocycles. The van der Waals surface area contributed by atoms with Gasteiger partial charge < -0.3 is 9.64 Å². The Bertz CT molecular complexity index is 688. The Morgan fingerprint density at radius 2 is 2.00 bits per heavy atom. The van der Waals surface area contributed by atoms with Crippen LogP contribution in [0.15, 0.2) is 29.9 Å². The van der Waals surface area contributed by atoms with Crippen molar-refractivity contribution in [2.75, 3.05) is 36.6 Å². The van der Waals surface area contributed by atoms with Crippen LogP contribution in [0.25, 0.3) is 0 Å². The van der Waals surface area contributed by atoms with E-state index in [0.717, 1.165) is 29.9 Å². The van der Waals surface area contributed by atoms with Crippen LogP contribution < -0.4 is 10.3 Å². The fraction of sp³-hybridized carbons (Fsp3) is 0.333. The summed E-state index contributed by atoms with van der Waals surface area (Å²) in [5.41, 5.74) is 5.92. The van der Waals surface area contributed by atoms with Crippen molar-refractivity contribution < 1.29 is 4.74 Å². The first-order valence-corrected chi connectivity index (χ1v) is 7.66. The van der Waals surface area contributed by atoms with Crippen molar-refractivity contribution in [3.05, 3.63) is 40.9 Å². The van der Waals surface area contributed by atoms with Gasteiger partial charge in [0, 0.05) is 29.4 Å². The van der Waals surface area contributed by atoms with Crippen LogP contribution in [-0.2, 0) is 4.74 Å². The lowest BCUT2D eigenvalue weighted by molar-refractivity contribution is 0.122. The minimum Gasteiger partial charge on any atom is -0.378 e. The zero-order chi connectivity index (χ0) is 16.1. The summed E-state index contributed by atoms with van der Waals surface area (Å²) in [6, 6.07) is 3.89. The third kappa shape index (κ3) is 3.94. The molecule has 0 unspecified atom stereocenters. The maximum absolute atomic E-state index is 6.23. The lowest BCUT2D eigenvalue weighted by Gasteiger charge is -2.30. The van der Waals surface area contributed by atoms with Gasteiger partial charge in [-0.3, -0.25) is 0 Å². The minimum atomic E-state index is 0.399. The summed E-state index contributed by atoms with van der Waals surface area (Å²) in [5.74, 6) is 0.399. The number of anilines is 2. The monoisotopic (exact) mass is 332 g/mol. The molecule has 0 aliphatic carbocycles. The minimum absolute atomic E-state index is 0.399. The van der Waals surface area contributed by atoms with Crippen molar-refractivity contribution in [2.45, 2.75) is 6.92 Å². The van der Waals surface area contributed by atoms with Gasteiger partial charge in [-0.1, -0.05) is 11.6 Å². The number of ether oxygens (including phenoxy) is 1. The van der Waals surface area contributed by atoms with Gasteiger partial charge in [0.05, 0.1) is 19.4 Å². The standard InChI is InChI=1S/C15H17ClN6O/c1-11-6-12(16)7-14(22-2-4-23-5-3-22)13(11)8-20-21-15-18-9-17-10-19-15/h6-10H,2-5H2,1H3,(H,17,18,19,21). The van der Waals surface area contributed by atoms with E-state index in [1.807, 2.05) is 19.1 Å². The molecule has 0 atom stereocenters. The Morgan fingerprint density at radius 1 is 1.26 bits per heavy atom. The van der Waals surface area contributed by atoms with Crippen molar-refractivity contribution in [3.63, 3.8) is 0 Å². The lowest BCUT2D eigenvalue weighted by atomic mass is 10.1. The number of aromatic nitrogens is 3. The third-order valence-electron chi connectivity index (χ3n) is 3.53.